The normalized spacial score (nSPS) is 13.4. The van der Waals surface area contributed by atoms with Gasteiger partial charge < -0.3 is 43.6 Å². The largest absolute Gasteiger partial charge is 0.494 e. The number of fused-ring (bicyclic) bond motifs is 2. The first-order valence-corrected chi connectivity index (χ1v) is 20.3. The van der Waals surface area contributed by atoms with Crippen molar-refractivity contribution < 1.29 is 43.2 Å². The number of carbonyl (C=O) groups excluding carboxylic acids is 3. The number of nitrogens with two attached hydrogens (primary N) is 1. The van der Waals surface area contributed by atoms with Gasteiger partial charge in [0.1, 0.15) is 22.5 Å². The monoisotopic (exact) mass is 838 g/mol. The summed E-state index contributed by atoms with van der Waals surface area (Å²) in [7, 11) is 1.58. The first kappa shape index (κ1) is 42.6. The number of nitrogens with one attached hydrogen (secondary N) is 2. The second kappa shape index (κ2) is 18.8. The molecule has 19 nitrogen and oxygen atoms in total. The van der Waals surface area contributed by atoms with Crippen LogP contribution in [0.1, 0.15) is 80.5 Å². The van der Waals surface area contributed by atoms with Crippen LogP contribution in [0.15, 0.2) is 45.3 Å². The van der Waals surface area contributed by atoms with Gasteiger partial charge in [-0.1, -0.05) is 26.0 Å². The molecule has 0 aliphatic carbocycles. The minimum absolute atomic E-state index is 0.0793. The number of morpholine rings is 1. The molecular weight excluding hydrogens is 787 g/mol. The summed E-state index contributed by atoms with van der Waals surface area (Å²) in [6.07, 6.45) is 5.50. The molecule has 322 valence electrons. The van der Waals surface area contributed by atoms with Crippen molar-refractivity contribution in [2.75, 3.05) is 57.2 Å². The number of imidazole rings is 2. The number of anilines is 2. The number of benzene rings is 2. The summed E-state index contributed by atoms with van der Waals surface area (Å²) in [5.41, 5.74) is 14.2. The Hall–Kier alpha value is -6.57. The molecule has 0 saturated carbocycles. The van der Waals surface area contributed by atoms with E-state index in [-0.39, 0.29) is 42.1 Å². The molecule has 5 heterocycles. The Labute approximate surface area is 351 Å². The maximum absolute atomic E-state index is 13.7. The number of allylic oxidation sites excluding steroid dienone is 2. The van der Waals surface area contributed by atoms with Crippen LogP contribution in [0.25, 0.3) is 22.1 Å². The van der Waals surface area contributed by atoms with Gasteiger partial charge in [-0.15, -0.1) is 0 Å². The number of hydrogen-bond acceptors (Lipinski definition) is 13. The molecule has 0 unspecified atom stereocenters. The molecule has 2 aromatic carbocycles. The number of primary amides is 1. The van der Waals surface area contributed by atoms with Crippen LogP contribution >= 0.6 is 0 Å². The van der Waals surface area contributed by atoms with Crippen LogP contribution in [0.5, 0.6) is 11.5 Å². The number of hydrogen-bond donors (Lipinski definition) is 4. The molecule has 1 saturated heterocycles. The number of aromatic nitrogens is 6. The lowest BCUT2D eigenvalue weighted by molar-refractivity contribution is -0.386. The van der Waals surface area contributed by atoms with Gasteiger partial charge >= 0.3 is 0 Å². The second-order valence-electron chi connectivity index (χ2n) is 14.5. The molecule has 0 spiro atoms. The third kappa shape index (κ3) is 9.28. The topological polar surface area (TPSA) is 248 Å². The number of ether oxygens (including phenoxy) is 3. The van der Waals surface area contributed by atoms with E-state index in [0.717, 1.165) is 31.6 Å². The van der Waals surface area contributed by atoms with Crippen LogP contribution in [-0.2, 0) is 37.2 Å². The van der Waals surface area contributed by atoms with E-state index in [1.807, 2.05) is 42.7 Å². The SMILES string of the molecule is CCc1nc(C)oc1C(=O)Nc1nc2cc(C[NH3+])cc(OC)c2n1C/C=C/Cn1c(NC(=O)c2oc(C)nc2CC)nc2cc(C(N)=O)cc(OCCCN3CCOCC3)c21. The summed E-state index contributed by atoms with van der Waals surface area (Å²) >= 11 is 0. The summed E-state index contributed by atoms with van der Waals surface area (Å²) in [4.78, 5) is 60.5. The molecule has 19 heteroatoms. The molecule has 6 aromatic rings. The Balaban J connectivity index is 1.24. The summed E-state index contributed by atoms with van der Waals surface area (Å²) in [5.74, 6) is 0.656. The van der Waals surface area contributed by atoms with E-state index >= 15 is 0 Å². The Morgan fingerprint density at radius 3 is 1.90 bits per heavy atom. The smallest absolute Gasteiger partial charge is 0.295 e. The molecule has 4 aromatic heterocycles. The molecule has 1 aliphatic heterocycles. The van der Waals surface area contributed by atoms with Crippen LogP contribution in [-0.4, -0.2) is 98.3 Å². The maximum Gasteiger partial charge on any atom is 0.295 e. The van der Waals surface area contributed by atoms with E-state index in [1.165, 1.54) is 0 Å². The highest BCUT2D eigenvalue weighted by Crippen LogP contribution is 2.33. The minimum atomic E-state index is -0.651. The van der Waals surface area contributed by atoms with Crippen LogP contribution in [0.2, 0.25) is 0 Å². The number of carbonyl (C=O) groups is 3. The predicted molar refractivity (Wildman–Crippen MR) is 225 cm³/mol. The van der Waals surface area contributed by atoms with E-state index in [4.69, 9.17) is 38.7 Å². The quantitative estimate of drug-likeness (QED) is 0.0711. The van der Waals surface area contributed by atoms with Gasteiger partial charge in [0.25, 0.3) is 11.8 Å². The van der Waals surface area contributed by atoms with Crippen molar-refractivity contribution in [3.63, 3.8) is 0 Å². The lowest BCUT2D eigenvalue weighted by Crippen LogP contribution is -2.47. The van der Waals surface area contributed by atoms with Crippen molar-refractivity contribution in [1.29, 1.82) is 0 Å². The van der Waals surface area contributed by atoms with Crippen LogP contribution in [0, 0.1) is 13.8 Å². The zero-order chi connectivity index (χ0) is 43.2. The number of nitrogens with zero attached hydrogens (tertiary/aromatic N) is 7. The van der Waals surface area contributed by atoms with Crippen molar-refractivity contribution in [3.05, 3.63) is 82.2 Å². The summed E-state index contributed by atoms with van der Waals surface area (Å²) < 4.78 is 32.7. The first-order chi connectivity index (χ1) is 29.5. The highest BCUT2D eigenvalue weighted by Gasteiger charge is 2.25. The molecular formula is C42H52N11O8+. The molecule has 1 fully saturated rings. The van der Waals surface area contributed by atoms with Crippen LogP contribution < -0.4 is 31.6 Å². The number of oxazole rings is 2. The average molecular weight is 839 g/mol. The Morgan fingerprint density at radius 1 is 0.820 bits per heavy atom. The molecule has 0 radical (unpaired) electrons. The molecule has 7 N–H and O–H groups in total. The van der Waals surface area contributed by atoms with Gasteiger partial charge in [0.2, 0.25) is 29.3 Å². The van der Waals surface area contributed by atoms with Crippen molar-refractivity contribution in [2.24, 2.45) is 5.73 Å². The summed E-state index contributed by atoms with van der Waals surface area (Å²) in [5, 5.41) is 5.84. The molecule has 61 heavy (non-hydrogen) atoms. The van der Waals surface area contributed by atoms with Gasteiger partial charge in [-0.05, 0) is 43.5 Å². The van der Waals surface area contributed by atoms with E-state index in [0.29, 0.717) is 95.9 Å². The van der Waals surface area contributed by atoms with Gasteiger partial charge in [0.15, 0.2) is 11.8 Å². The number of amides is 3. The van der Waals surface area contributed by atoms with Gasteiger partial charge in [-0.25, -0.2) is 19.9 Å². The van der Waals surface area contributed by atoms with Gasteiger partial charge in [0, 0.05) is 57.7 Å². The minimum Gasteiger partial charge on any atom is -0.494 e. The summed E-state index contributed by atoms with van der Waals surface area (Å²) in [6.45, 7) is 12.3. The standard InChI is InChI=1S/C42H51N11O8/c1-6-28-36(60-24(3)45-28)39(55)49-41-47-30-19-26(23-43)20-32(57-5)34(30)52(41)12-8-9-13-53-35-31(48-42(53)50-40(56)37-29(7-2)46-25(4)61-37)21-27(38(44)54)22-33(35)59-16-10-11-51-14-17-58-18-15-51/h8-9,19-22H,6-7,10-18,23,43H2,1-5H3,(H2,44,54)(H,47,49,55)(H,48,50,56)/p+1/b9-8+. The average Bonchev–Trinajstić information content (AvgIpc) is 4.02. The molecule has 7 rings (SSSR count). The molecule has 0 atom stereocenters. The fourth-order valence-corrected chi connectivity index (χ4v) is 7.36. The van der Waals surface area contributed by atoms with Crippen molar-refractivity contribution in [3.8, 4) is 11.5 Å². The molecule has 0 bridgehead atoms. The highest BCUT2D eigenvalue weighted by molar-refractivity contribution is 6.04. The van der Waals surface area contributed by atoms with E-state index in [1.54, 1.807) is 37.7 Å². The van der Waals surface area contributed by atoms with Crippen molar-refractivity contribution >= 4 is 51.7 Å². The molecule has 1 aliphatic rings. The van der Waals surface area contributed by atoms with Gasteiger partial charge in [-0.2, -0.15) is 0 Å². The molecule has 3 amide bonds. The summed E-state index contributed by atoms with van der Waals surface area (Å²) in [6, 6.07) is 6.98. The fraction of sp³-hybridized carbons (Fsp3) is 0.405. The zero-order valence-electron chi connectivity index (χ0n) is 35.1. The van der Waals surface area contributed by atoms with Crippen LogP contribution in [0.3, 0.4) is 0 Å². The Kier molecular flexibility index (Phi) is 13.1. The second-order valence-corrected chi connectivity index (χ2v) is 14.5. The number of quaternary nitrogens is 1. The lowest BCUT2D eigenvalue weighted by atomic mass is 10.1. The number of rotatable bonds is 18. The predicted octanol–water partition coefficient (Wildman–Crippen LogP) is 3.82. The zero-order valence-corrected chi connectivity index (χ0v) is 35.1. The van der Waals surface area contributed by atoms with Crippen LogP contribution in [0.4, 0.5) is 11.9 Å². The first-order valence-electron chi connectivity index (χ1n) is 20.3. The Morgan fingerprint density at radius 2 is 1.38 bits per heavy atom. The van der Waals surface area contributed by atoms with Gasteiger partial charge in [0.05, 0.1) is 55.9 Å². The maximum atomic E-state index is 13.7. The third-order valence-corrected chi connectivity index (χ3v) is 10.3. The lowest BCUT2D eigenvalue weighted by Gasteiger charge is -2.26. The highest BCUT2D eigenvalue weighted by atomic mass is 16.5. The van der Waals surface area contributed by atoms with Crippen molar-refractivity contribution in [1.82, 2.24) is 34.0 Å². The van der Waals surface area contributed by atoms with E-state index in [2.05, 4.69) is 31.2 Å². The van der Waals surface area contributed by atoms with E-state index < -0.39 is 17.7 Å². The number of aryl methyl sites for hydroxylation is 4. The van der Waals surface area contributed by atoms with E-state index in [9.17, 15) is 14.4 Å². The third-order valence-electron chi connectivity index (χ3n) is 10.3. The Bertz CT molecular complexity index is 2600. The number of methoxy groups -OCH3 is 1. The fourth-order valence-electron chi connectivity index (χ4n) is 7.36. The van der Waals surface area contributed by atoms with Crippen molar-refractivity contribution in [2.45, 2.75) is 66.6 Å². The van der Waals surface area contributed by atoms with Gasteiger partial charge in [-0.3, -0.25) is 29.9 Å².